The van der Waals surface area contributed by atoms with Crippen LogP contribution in [0.5, 0.6) is 0 Å². The van der Waals surface area contributed by atoms with Gasteiger partial charge in [0.05, 0.1) is 5.39 Å². The molecule has 1 fully saturated rings. The third kappa shape index (κ3) is 3.72. The summed E-state index contributed by atoms with van der Waals surface area (Å²) in [6.07, 6.45) is 1.75. The molecule has 0 saturated carbocycles. The lowest BCUT2D eigenvalue weighted by Crippen LogP contribution is -2.44. The van der Waals surface area contributed by atoms with Crippen LogP contribution in [0, 0.1) is 0 Å². The van der Waals surface area contributed by atoms with E-state index < -0.39 is 10.0 Å². The Labute approximate surface area is 169 Å². The minimum absolute atomic E-state index is 0.294. The fourth-order valence-corrected chi connectivity index (χ4v) is 5.95. The molecular formula is C20H24N4O2S2. The van der Waals surface area contributed by atoms with Gasteiger partial charge in [-0.1, -0.05) is 26.0 Å². The third-order valence-corrected chi connectivity index (χ3v) is 7.47. The number of nitrogens with zero attached hydrogens (tertiary/aromatic N) is 2. The first-order valence-electron chi connectivity index (χ1n) is 9.40. The van der Waals surface area contributed by atoms with Crippen molar-refractivity contribution in [3.05, 3.63) is 47.5 Å². The van der Waals surface area contributed by atoms with Crippen molar-refractivity contribution in [2.75, 3.05) is 35.8 Å². The third-order valence-electron chi connectivity index (χ3n) is 4.97. The normalized spacial score (nSPS) is 15.3. The summed E-state index contributed by atoms with van der Waals surface area (Å²) < 4.78 is 30.0. The molecule has 28 heavy (non-hydrogen) atoms. The van der Waals surface area contributed by atoms with Crippen LogP contribution in [0.15, 0.2) is 46.8 Å². The first kappa shape index (κ1) is 19.2. The van der Waals surface area contributed by atoms with Crippen LogP contribution in [0.25, 0.3) is 10.1 Å². The van der Waals surface area contributed by atoms with E-state index in [9.17, 15) is 8.42 Å². The predicted molar refractivity (Wildman–Crippen MR) is 116 cm³/mol. The first-order valence-corrected chi connectivity index (χ1v) is 11.8. The van der Waals surface area contributed by atoms with E-state index in [1.807, 2.05) is 30.3 Å². The summed E-state index contributed by atoms with van der Waals surface area (Å²) >= 11 is 1.43. The molecule has 1 aromatic carbocycles. The zero-order valence-corrected chi connectivity index (χ0v) is 17.6. The number of pyridine rings is 1. The Hall–Kier alpha value is -2.16. The molecule has 6 nitrogen and oxygen atoms in total. The Kier molecular flexibility index (Phi) is 5.27. The number of rotatable bonds is 5. The number of benzene rings is 1. The van der Waals surface area contributed by atoms with E-state index in [1.165, 1.54) is 16.9 Å². The van der Waals surface area contributed by atoms with Gasteiger partial charge in [-0.15, -0.1) is 11.3 Å². The van der Waals surface area contributed by atoms with Crippen LogP contribution in [0.3, 0.4) is 0 Å². The van der Waals surface area contributed by atoms with Gasteiger partial charge in [0.15, 0.2) is 0 Å². The van der Waals surface area contributed by atoms with Crippen molar-refractivity contribution in [3.8, 4) is 0 Å². The standard InChI is InChI=1S/C20H24N4O2S2/c1-14(2)15-3-5-16(6-4-15)23-28(25,26)18-13-27-17-7-8-22-20(19(17)18)24-11-9-21-10-12-24/h3-8,13-14,21,23H,9-12H2,1-2H3. The molecule has 2 N–H and O–H groups in total. The monoisotopic (exact) mass is 416 g/mol. The van der Waals surface area contributed by atoms with Crippen molar-refractivity contribution >= 4 is 43.0 Å². The molecule has 8 heteroatoms. The molecule has 0 amide bonds. The van der Waals surface area contributed by atoms with Gasteiger partial charge in [-0.25, -0.2) is 13.4 Å². The largest absolute Gasteiger partial charge is 0.353 e. The van der Waals surface area contributed by atoms with Gasteiger partial charge in [0.2, 0.25) is 0 Å². The highest BCUT2D eigenvalue weighted by Crippen LogP contribution is 2.36. The van der Waals surface area contributed by atoms with E-state index in [-0.39, 0.29) is 0 Å². The second-order valence-corrected chi connectivity index (χ2v) is 9.79. The van der Waals surface area contributed by atoms with E-state index >= 15 is 0 Å². The average Bonchev–Trinajstić information content (AvgIpc) is 3.14. The van der Waals surface area contributed by atoms with E-state index in [0.717, 1.165) is 36.7 Å². The van der Waals surface area contributed by atoms with Crippen molar-refractivity contribution in [2.45, 2.75) is 24.7 Å². The van der Waals surface area contributed by atoms with Crippen molar-refractivity contribution < 1.29 is 8.42 Å². The number of piperazine rings is 1. The Morgan fingerprint density at radius 2 is 1.86 bits per heavy atom. The number of hydrogen-bond donors (Lipinski definition) is 2. The first-order chi connectivity index (χ1) is 13.5. The molecule has 0 unspecified atom stereocenters. The summed E-state index contributed by atoms with van der Waals surface area (Å²) in [5.41, 5.74) is 1.74. The molecule has 1 aliphatic rings. The van der Waals surface area contributed by atoms with Gasteiger partial charge >= 0.3 is 0 Å². The van der Waals surface area contributed by atoms with Gasteiger partial charge in [-0.05, 0) is 29.7 Å². The number of aromatic nitrogens is 1. The SMILES string of the molecule is CC(C)c1ccc(NS(=O)(=O)c2csc3ccnc(N4CCNCC4)c23)cc1. The van der Waals surface area contributed by atoms with Crippen LogP contribution >= 0.6 is 11.3 Å². The van der Waals surface area contributed by atoms with Crippen molar-refractivity contribution in [1.29, 1.82) is 0 Å². The number of fused-ring (bicyclic) bond motifs is 1. The summed E-state index contributed by atoms with van der Waals surface area (Å²) in [5.74, 6) is 1.15. The zero-order valence-electron chi connectivity index (χ0n) is 16.0. The molecule has 0 atom stereocenters. The summed E-state index contributed by atoms with van der Waals surface area (Å²) in [7, 11) is -3.71. The summed E-state index contributed by atoms with van der Waals surface area (Å²) in [6.45, 7) is 7.58. The molecule has 3 heterocycles. The zero-order chi connectivity index (χ0) is 19.7. The highest BCUT2D eigenvalue weighted by molar-refractivity contribution is 7.93. The van der Waals surface area contributed by atoms with Crippen LogP contribution in [0.2, 0.25) is 0 Å². The lowest BCUT2D eigenvalue weighted by Gasteiger charge is -2.29. The maximum Gasteiger partial charge on any atom is 0.263 e. The lowest BCUT2D eigenvalue weighted by atomic mass is 10.0. The fourth-order valence-electron chi connectivity index (χ4n) is 3.40. The van der Waals surface area contributed by atoms with Crippen LogP contribution in [-0.2, 0) is 10.0 Å². The lowest BCUT2D eigenvalue weighted by molar-refractivity contribution is 0.586. The Morgan fingerprint density at radius 3 is 2.54 bits per heavy atom. The fraction of sp³-hybridized carbons (Fsp3) is 0.350. The molecule has 148 valence electrons. The minimum atomic E-state index is -3.71. The van der Waals surface area contributed by atoms with Gasteiger partial charge in [0, 0.05) is 48.1 Å². The molecular weight excluding hydrogens is 392 g/mol. The highest BCUT2D eigenvalue weighted by atomic mass is 32.2. The summed E-state index contributed by atoms with van der Waals surface area (Å²) in [5, 5.41) is 5.74. The van der Waals surface area contributed by atoms with Gasteiger partial charge in [-0.2, -0.15) is 0 Å². The van der Waals surface area contributed by atoms with Gasteiger partial charge in [0.1, 0.15) is 10.7 Å². The molecule has 1 saturated heterocycles. The van der Waals surface area contributed by atoms with Crippen molar-refractivity contribution in [2.24, 2.45) is 0 Å². The topological polar surface area (TPSA) is 74.3 Å². The number of nitrogens with one attached hydrogen (secondary N) is 2. The molecule has 0 radical (unpaired) electrons. The van der Waals surface area contributed by atoms with E-state index in [4.69, 9.17) is 0 Å². The molecule has 0 aliphatic carbocycles. The van der Waals surface area contributed by atoms with Gasteiger partial charge in [0.25, 0.3) is 10.0 Å². The highest BCUT2D eigenvalue weighted by Gasteiger charge is 2.25. The van der Waals surface area contributed by atoms with Crippen molar-refractivity contribution in [1.82, 2.24) is 10.3 Å². The van der Waals surface area contributed by atoms with Crippen LogP contribution in [0.4, 0.5) is 11.5 Å². The van der Waals surface area contributed by atoms with Gasteiger partial charge < -0.3 is 10.2 Å². The number of hydrogen-bond acceptors (Lipinski definition) is 6. The molecule has 1 aliphatic heterocycles. The second-order valence-electron chi connectivity index (χ2n) is 7.23. The average molecular weight is 417 g/mol. The van der Waals surface area contributed by atoms with Crippen molar-refractivity contribution in [3.63, 3.8) is 0 Å². The van der Waals surface area contributed by atoms with Crippen LogP contribution in [0.1, 0.15) is 25.3 Å². The predicted octanol–water partition coefficient (Wildman–Crippen LogP) is 3.63. The summed E-state index contributed by atoms with van der Waals surface area (Å²) in [6, 6.07) is 9.43. The summed E-state index contributed by atoms with van der Waals surface area (Å²) in [4.78, 5) is 6.98. The van der Waals surface area contributed by atoms with E-state index in [1.54, 1.807) is 11.6 Å². The second kappa shape index (κ2) is 7.69. The smallest absolute Gasteiger partial charge is 0.263 e. The Bertz CT molecular complexity index is 1070. The maximum absolute atomic E-state index is 13.2. The van der Waals surface area contributed by atoms with Crippen LogP contribution < -0.4 is 14.9 Å². The molecule has 4 rings (SSSR count). The minimum Gasteiger partial charge on any atom is -0.353 e. The molecule has 2 aromatic heterocycles. The quantitative estimate of drug-likeness (QED) is 0.664. The van der Waals surface area contributed by atoms with Gasteiger partial charge in [-0.3, -0.25) is 4.72 Å². The number of sulfonamides is 1. The Balaban J connectivity index is 1.71. The molecule has 3 aromatic rings. The number of thiophene rings is 1. The van der Waals surface area contributed by atoms with E-state index in [2.05, 4.69) is 33.8 Å². The Morgan fingerprint density at radius 1 is 1.14 bits per heavy atom. The van der Waals surface area contributed by atoms with Crippen LogP contribution in [-0.4, -0.2) is 39.6 Å². The number of anilines is 2. The maximum atomic E-state index is 13.2. The van der Waals surface area contributed by atoms with E-state index in [0.29, 0.717) is 21.9 Å². The molecule has 0 bridgehead atoms. The molecule has 0 spiro atoms.